The molecule has 0 unspecified atom stereocenters. The fourth-order valence-corrected chi connectivity index (χ4v) is 5.09. The van der Waals surface area contributed by atoms with Crippen molar-refractivity contribution in [1.82, 2.24) is 24.7 Å². The number of nitrogen functional groups attached to an aromatic ring is 1. The zero-order valence-electron chi connectivity index (χ0n) is 23.5. The third-order valence-electron chi connectivity index (χ3n) is 7.07. The van der Waals surface area contributed by atoms with Gasteiger partial charge in [-0.1, -0.05) is 6.07 Å². The van der Waals surface area contributed by atoms with Gasteiger partial charge < -0.3 is 40.7 Å². The van der Waals surface area contributed by atoms with E-state index >= 15 is 0 Å². The summed E-state index contributed by atoms with van der Waals surface area (Å²) in [4.78, 5) is 33.9. The molecule has 5 aromatic rings. The lowest BCUT2D eigenvalue weighted by molar-refractivity contribution is -0.664. The molecule has 6 rings (SSSR count). The summed E-state index contributed by atoms with van der Waals surface area (Å²) in [5.74, 6) is 0.225. The first-order chi connectivity index (χ1) is 20.3. The number of methoxy groups -OCH3 is 2. The molecule has 0 radical (unpaired) electrons. The Balaban J connectivity index is 0.000000830. The van der Waals surface area contributed by atoms with Crippen molar-refractivity contribution in [2.75, 3.05) is 38.4 Å². The van der Waals surface area contributed by atoms with Gasteiger partial charge in [0.25, 0.3) is 5.91 Å². The topological polar surface area (TPSA) is 190 Å². The number of quaternary nitrogens is 1. The Hall–Kier alpha value is -5.17. The number of anilines is 2. The monoisotopic (exact) mass is 572 g/mol. The molecule has 1 aliphatic rings. The van der Waals surface area contributed by atoms with Crippen LogP contribution in [0.5, 0.6) is 11.5 Å². The van der Waals surface area contributed by atoms with E-state index in [2.05, 4.69) is 25.6 Å². The number of aromatic nitrogens is 5. The molecule has 4 heterocycles. The molecule has 0 spiro atoms. The predicted molar refractivity (Wildman–Crippen MR) is 155 cm³/mol. The van der Waals surface area contributed by atoms with E-state index < -0.39 is 5.97 Å². The Morgan fingerprint density at radius 3 is 2.57 bits per heavy atom. The number of carbonyl (C=O) groups excluding carboxylic acids is 2. The van der Waals surface area contributed by atoms with Crippen molar-refractivity contribution in [3.05, 3.63) is 54.5 Å². The Labute approximate surface area is 241 Å². The number of ether oxygens (including phenoxy) is 2. The molecule has 0 atom stereocenters. The van der Waals surface area contributed by atoms with Crippen molar-refractivity contribution in [1.29, 1.82) is 0 Å². The number of fused-ring (bicyclic) bond motifs is 2. The first kappa shape index (κ1) is 28.4. The minimum atomic E-state index is -1.08. The number of nitrogens with one attached hydrogen (secondary N) is 2. The first-order valence-corrected chi connectivity index (χ1v) is 13.4. The van der Waals surface area contributed by atoms with E-state index in [0.29, 0.717) is 34.4 Å². The minimum Gasteiger partial charge on any atom is -0.550 e. The number of nitrogens with two attached hydrogens (primary N) is 2. The highest BCUT2D eigenvalue weighted by Crippen LogP contribution is 2.37. The van der Waals surface area contributed by atoms with E-state index in [4.69, 9.17) is 30.2 Å². The van der Waals surface area contributed by atoms with Gasteiger partial charge in [0.2, 0.25) is 0 Å². The maximum absolute atomic E-state index is 13.1. The van der Waals surface area contributed by atoms with Crippen molar-refractivity contribution >= 4 is 45.3 Å². The standard InChI is InChI=1S/C27H28N8O3.C2H4O2/c1-37-18-5-3-15-11-21(32-20(15)13-18)27(36)33-19-6-4-16(12-22(19)38-2)24-23-25(28)30-14-31-26(23)35(34-24)17-7-9-29-10-8-17;1-2(3)4/h3-6,11-14,17,29,32H,7-10H2,1-2H3,(H,33,36)(H2,28,30,31);1H3,(H,3,4). The number of aromatic amines is 1. The van der Waals surface area contributed by atoms with E-state index in [1.54, 1.807) is 26.4 Å². The molecule has 42 heavy (non-hydrogen) atoms. The second kappa shape index (κ2) is 12.1. The molecule has 13 nitrogen and oxygen atoms in total. The maximum atomic E-state index is 13.1. The number of aliphatic carboxylic acids is 1. The van der Waals surface area contributed by atoms with E-state index in [9.17, 15) is 4.79 Å². The fourth-order valence-electron chi connectivity index (χ4n) is 5.09. The lowest BCUT2D eigenvalue weighted by Gasteiger charge is -2.21. The average molecular weight is 573 g/mol. The van der Waals surface area contributed by atoms with Gasteiger partial charge in [0.1, 0.15) is 35.0 Å². The molecule has 3 aromatic heterocycles. The summed E-state index contributed by atoms with van der Waals surface area (Å²) < 4.78 is 12.9. The predicted octanol–water partition coefficient (Wildman–Crippen LogP) is 1.48. The summed E-state index contributed by atoms with van der Waals surface area (Å²) in [6.45, 7) is 3.07. The Kier molecular flexibility index (Phi) is 8.20. The number of amides is 1. The number of rotatable bonds is 6. The van der Waals surface area contributed by atoms with Crippen molar-refractivity contribution in [2.24, 2.45) is 0 Å². The number of H-pyrrole nitrogens is 1. The van der Waals surface area contributed by atoms with Gasteiger partial charge in [0.15, 0.2) is 5.65 Å². The second-order valence-corrected chi connectivity index (χ2v) is 9.84. The van der Waals surface area contributed by atoms with E-state index in [1.165, 1.54) is 6.33 Å². The number of benzene rings is 2. The molecule has 0 bridgehead atoms. The van der Waals surface area contributed by atoms with E-state index in [0.717, 1.165) is 60.4 Å². The molecule has 0 aliphatic carbocycles. The summed E-state index contributed by atoms with van der Waals surface area (Å²) in [6.07, 6.45) is 3.50. The average Bonchev–Trinajstić information content (AvgIpc) is 3.60. The molecule has 0 saturated carbocycles. The van der Waals surface area contributed by atoms with Crippen molar-refractivity contribution in [3.8, 4) is 22.8 Å². The van der Waals surface area contributed by atoms with Crippen molar-refractivity contribution in [3.63, 3.8) is 0 Å². The van der Waals surface area contributed by atoms with Crippen LogP contribution in [0.4, 0.5) is 11.5 Å². The summed E-state index contributed by atoms with van der Waals surface area (Å²) in [5.41, 5.74) is 10.3. The van der Waals surface area contributed by atoms with Gasteiger partial charge in [-0.3, -0.25) is 4.79 Å². The molecular formula is C29H32N8O5. The molecule has 1 aliphatic heterocycles. The number of carboxylic acid groups (broad SMARTS) is 1. The van der Waals surface area contributed by atoms with Crippen LogP contribution < -0.4 is 30.9 Å². The lowest BCUT2D eigenvalue weighted by atomic mass is 10.1. The van der Waals surface area contributed by atoms with E-state index in [1.807, 2.05) is 35.0 Å². The van der Waals surface area contributed by atoms with Gasteiger partial charge in [0.05, 0.1) is 44.4 Å². The zero-order valence-corrected chi connectivity index (χ0v) is 23.5. The highest BCUT2D eigenvalue weighted by molar-refractivity contribution is 6.07. The summed E-state index contributed by atoms with van der Waals surface area (Å²) in [6, 6.07) is 13.2. The summed E-state index contributed by atoms with van der Waals surface area (Å²) in [7, 11) is 3.17. The molecule has 6 N–H and O–H groups in total. The zero-order chi connectivity index (χ0) is 29.8. The molecule has 218 valence electrons. The number of hydrogen-bond donors (Lipinski definition) is 4. The van der Waals surface area contributed by atoms with Crippen molar-refractivity contribution in [2.45, 2.75) is 25.8 Å². The molecule has 2 aromatic carbocycles. The Bertz CT molecular complexity index is 1750. The van der Waals surface area contributed by atoms with Gasteiger partial charge in [-0.15, -0.1) is 0 Å². The van der Waals surface area contributed by atoms with Crippen LogP contribution in [0.25, 0.3) is 33.2 Å². The smallest absolute Gasteiger partial charge is 0.272 e. The third-order valence-corrected chi connectivity index (χ3v) is 7.07. The highest BCUT2D eigenvalue weighted by atomic mass is 16.5. The number of piperidine rings is 1. The second-order valence-electron chi connectivity index (χ2n) is 9.84. The van der Waals surface area contributed by atoms with Crippen LogP contribution in [0.2, 0.25) is 0 Å². The largest absolute Gasteiger partial charge is 0.550 e. The van der Waals surface area contributed by atoms with Crippen LogP contribution >= 0.6 is 0 Å². The third kappa shape index (κ3) is 5.81. The normalized spacial score (nSPS) is 13.4. The minimum absolute atomic E-state index is 0.252. The van der Waals surface area contributed by atoms with Crippen LogP contribution in [0.15, 0.2) is 48.8 Å². The van der Waals surface area contributed by atoms with Crippen LogP contribution in [0.1, 0.15) is 36.3 Å². The van der Waals surface area contributed by atoms with Crippen LogP contribution in [0, 0.1) is 0 Å². The summed E-state index contributed by atoms with van der Waals surface area (Å²) >= 11 is 0. The quantitative estimate of drug-likeness (QED) is 0.233. The molecule has 1 saturated heterocycles. The van der Waals surface area contributed by atoms with Gasteiger partial charge in [-0.25, -0.2) is 14.6 Å². The summed E-state index contributed by atoms with van der Waals surface area (Å²) in [5, 5.41) is 20.7. The maximum Gasteiger partial charge on any atom is 0.272 e. The van der Waals surface area contributed by atoms with Crippen LogP contribution in [0.3, 0.4) is 0 Å². The van der Waals surface area contributed by atoms with Gasteiger partial charge >= 0.3 is 0 Å². The van der Waals surface area contributed by atoms with E-state index in [-0.39, 0.29) is 11.9 Å². The molecule has 1 amide bonds. The van der Waals surface area contributed by atoms with Gasteiger partial charge in [-0.2, -0.15) is 5.10 Å². The Morgan fingerprint density at radius 2 is 1.86 bits per heavy atom. The van der Waals surface area contributed by atoms with Gasteiger partial charge in [0, 0.05) is 41.3 Å². The molecule has 13 heteroatoms. The number of carbonyl (C=O) groups is 2. The lowest BCUT2D eigenvalue weighted by Crippen LogP contribution is -2.86. The van der Waals surface area contributed by atoms with Crippen LogP contribution in [-0.4, -0.2) is 63.9 Å². The fraction of sp³-hybridized carbons (Fsp3) is 0.276. The first-order valence-electron chi connectivity index (χ1n) is 13.4. The van der Waals surface area contributed by atoms with Crippen LogP contribution in [-0.2, 0) is 4.79 Å². The van der Waals surface area contributed by atoms with Crippen molar-refractivity contribution < 1.29 is 29.5 Å². The van der Waals surface area contributed by atoms with Gasteiger partial charge in [-0.05, 0) is 37.3 Å². The Morgan fingerprint density at radius 1 is 1.10 bits per heavy atom. The number of hydrogen-bond acceptors (Lipinski definition) is 9. The molecular weight excluding hydrogens is 540 g/mol. The highest BCUT2D eigenvalue weighted by Gasteiger charge is 2.25. The number of nitrogens with zero attached hydrogens (tertiary/aromatic N) is 4. The number of carboxylic acids is 1. The SMILES string of the molecule is CC(=O)[O-].COc1ccc2cc(C(=O)Nc3ccc(-c4nn(C5CC[NH2+]CC5)c5ncnc(N)c45)cc3OC)[nH]c2c1. The molecule has 1 fully saturated rings.